The van der Waals surface area contributed by atoms with Crippen LogP contribution in [-0.2, 0) is 13.0 Å². The quantitative estimate of drug-likeness (QED) is 0.423. The van der Waals surface area contributed by atoms with Gasteiger partial charge in [0.1, 0.15) is 0 Å². The van der Waals surface area contributed by atoms with E-state index in [2.05, 4.69) is 47.5 Å². The maximum absolute atomic E-state index is 11.7. The molecular formula is C24H34N4O. The topological polar surface area (TPSA) is 49.6 Å². The highest BCUT2D eigenvalue weighted by Crippen LogP contribution is 2.21. The van der Waals surface area contributed by atoms with E-state index in [-0.39, 0.29) is 5.56 Å². The van der Waals surface area contributed by atoms with Gasteiger partial charge in [-0.15, -0.1) is 0 Å². The van der Waals surface area contributed by atoms with Crippen molar-refractivity contribution >= 4 is 5.96 Å². The highest BCUT2D eigenvalue weighted by Gasteiger charge is 2.21. The predicted octanol–water partition coefficient (Wildman–Crippen LogP) is 3.55. The Balaban J connectivity index is 1.43. The average molecular weight is 395 g/mol. The molecular weight excluding hydrogens is 360 g/mol. The molecule has 1 fully saturated rings. The minimum Gasteiger partial charge on any atom is -0.357 e. The Bertz CT molecular complexity index is 807. The first-order chi connectivity index (χ1) is 14.3. The van der Waals surface area contributed by atoms with Crippen molar-refractivity contribution < 1.29 is 0 Å². The van der Waals surface area contributed by atoms with Gasteiger partial charge >= 0.3 is 0 Å². The van der Waals surface area contributed by atoms with Gasteiger partial charge in [-0.2, -0.15) is 0 Å². The summed E-state index contributed by atoms with van der Waals surface area (Å²) in [6.45, 7) is 6.72. The van der Waals surface area contributed by atoms with Crippen LogP contribution in [0, 0.1) is 5.92 Å². The van der Waals surface area contributed by atoms with Crippen LogP contribution in [0.5, 0.6) is 0 Å². The SMILES string of the molecule is CCNC(=NCCCCn1ccccc1=O)N1CCC(Cc2ccccc2)CC1. The first kappa shape index (κ1) is 21.2. The van der Waals surface area contributed by atoms with Gasteiger partial charge in [-0.05, 0) is 56.6 Å². The van der Waals surface area contributed by atoms with Gasteiger partial charge in [-0.1, -0.05) is 36.4 Å². The number of aliphatic imine (C=N–C) groups is 1. The molecule has 5 nitrogen and oxygen atoms in total. The Morgan fingerprint density at radius 3 is 2.55 bits per heavy atom. The summed E-state index contributed by atoms with van der Waals surface area (Å²) in [5.41, 5.74) is 1.52. The maximum atomic E-state index is 11.7. The number of rotatable bonds is 8. The number of pyridine rings is 1. The minimum absolute atomic E-state index is 0.0720. The van der Waals surface area contributed by atoms with Gasteiger partial charge in [0.15, 0.2) is 5.96 Å². The van der Waals surface area contributed by atoms with E-state index in [4.69, 9.17) is 4.99 Å². The number of guanidine groups is 1. The van der Waals surface area contributed by atoms with Crippen molar-refractivity contribution in [1.82, 2.24) is 14.8 Å². The zero-order valence-corrected chi connectivity index (χ0v) is 17.6. The first-order valence-electron chi connectivity index (χ1n) is 11.0. The zero-order valence-electron chi connectivity index (χ0n) is 17.6. The third-order valence-electron chi connectivity index (χ3n) is 5.58. The van der Waals surface area contributed by atoms with Crippen molar-refractivity contribution in [2.75, 3.05) is 26.2 Å². The molecule has 0 aliphatic carbocycles. The lowest BCUT2D eigenvalue weighted by atomic mass is 9.90. The number of nitrogens with zero attached hydrogens (tertiary/aromatic N) is 3. The minimum atomic E-state index is 0.0720. The molecule has 2 heterocycles. The summed E-state index contributed by atoms with van der Waals surface area (Å²) in [4.78, 5) is 19.0. The van der Waals surface area contributed by atoms with Crippen LogP contribution in [-0.4, -0.2) is 41.6 Å². The van der Waals surface area contributed by atoms with Gasteiger partial charge in [0, 0.05) is 45.0 Å². The second-order valence-corrected chi connectivity index (χ2v) is 7.80. The van der Waals surface area contributed by atoms with Gasteiger partial charge in [-0.25, -0.2) is 0 Å². The summed E-state index contributed by atoms with van der Waals surface area (Å²) in [6.07, 6.45) is 7.43. The Morgan fingerprint density at radius 1 is 1.07 bits per heavy atom. The lowest BCUT2D eigenvalue weighted by molar-refractivity contribution is 0.259. The first-order valence-corrected chi connectivity index (χ1v) is 11.0. The smallest absolute Gasteiger partial charge is 0.250 e. The van der Waals surface area contributed by atoms with Crippen LogP contribution in [0.4, 0.5) is 0 Å². The van der Waals surface area contributed by atoms with Crippen molar-refractivity contribution in [1.29, 1.82) is 0 Å². The van der Waals surface area contributed by atoms with Gasteiger partial charge in [0.2, 0.25) is 5.56 Å². The molecule has 0 amide bonds. The van der Waals surface area contributed by atoms with Crippen molar-refractivity contribution in [3.63, 3.8) is 0 Å². The molecule has 29 heavy (non-hydrogen) atoms. The summed E-state index contributed by atoms with van der Waals surface area (Å²) >= 11 is 0. The normalized spacial score (nSPS) is 15.5. The lowest BCUT2D eigenvalue weighted by Gasteiger charge is -2.34. The Kier molecular flexibility index (Phi) is 8.35. The number of nitrogens with one attached hydrogen (secondary N) is 1. The van der Waals surface area contributed by atoms with Gasteiger partial charge in [0.05, 0.1) is 0 Å². The standard InChI is InChI=1S/C24H34N4O/c1-2-25-24(26-15-7-9-17-27-16-8-6-12-23(27)29)28-18-13-22(14-19-28)20-21-10-4-3-5-11-21/h3-6,8,10-12,16,22H,2,7,9,13-15,17-20H2,1H3,(H,25,26). The molecule has 1 aliphatic heterocycles. The molecule has 0 bridgehead atoms. The second-order valence-electron chi connectivity index (χ2n) is 7.80. The van der Waals surface area contributed by atoms with Crippen LogP contribution in [0.2, 0.25) is 0 Å². The molecule has 0 unspecified atom stereocenters. The molecule has 0 radical (unpaired) electrons. The monoisotopic (exact) mass is 394 g/mol. The molecule has 0 spiro atoms. The number of piperidine rings is 1. The van der Waals surface area contributed by atoms with E-state index in [1.54, 1.807) is 16.7 Å². The number of benzene rings is 1. The predicted molar refractivity (Wildman–Crippen MR) is 120 cm³/mol. The Morgan fingerprint density at radius 2 is 1.83 bits per heavy atom. The fourth-order valence-corrected chi connectivity index (χ4v) is 3.95. The summed E-state index contributed by atoms with van der Waals surface area (Å²) in [5, 5.41) is 3.46. The molecule has 156 valence electrons. The van der Waals surface area contributed by atoms with Crippen molar-refractivity contribution in [2.45, 2.75) is 45.6 Å². The number of hydrogen-bond acceptors (Lipinski definition) is 2. The second kappa shape index (κ2) is 11.4. The summed E-state index contributed by atoms with van der Waals surface area (Å²) in [5.74, 6) is 1.81. The summed E-state index contributed by atoms with van der Waals surface area (Å²) in [7, 11) is 0. The zero-order chi connectivity index (χ0) is 20.3. The van der Waals surface area contributed by atoms with E-state index < -0.39 is 0 Å². The van der Waals surface area contributed by atoms with Gasteiger partial charge < -0.3 is 14.8 Å². The highest BCUT2D eigenvalue weighted by atomic mass is 16.1. The van der Waals surface area contributed by atoms with Gasteiger partial charge in [-0.3, -0.25) is 9.79 Å². The van der Waals surface area contributed by atoms with E-state index in [0.717, 1.165) is 57.4 Å². The van der Waals surface area contributed by atoms with E-state index in [1.165, 1.54) is 24.8 Å². The molecule has 1 aromatic carbocycles. The summed E-state index contributed by atoms with van der Waals surface area (Å²) in [6, 6.07) is 16.1. The van der Waals surface area contributed by atoms with E-state index >= 15 is 0 Å². The molecule has 2 aromatic rings. The maximum Gasteiger partial charge on any atom is 0.250 e. The van der Waals surface area contributed by atoms with Crippen molar-refractivity contribution in [2.24, 2.45) is 10.9 Å². The molecule has 1 N–H and O–H groups in total. The van der Waals surface area contributed by atoms with E-state index in [9.17, 15) is 4.79 Å². The van der Waals surface area contributed by atoms with E-state index in [0.29, 0.717) is 0 Å². The fourth-order valence-electron chi connectivity index (χ4n) is 3.95. The third-order valence-corrected chi connectivity index (χ3v) is 5.58. The summed E-state index contributed by atoms with van der Waals surface area (Å²) < 4.78 is 1.77. The largest absolute Gasteiger partial charge is 0.357 e. The van der Waals surface area contributed by atoms with Crippen molar-refractivity contribution in [3.05, 3.63) is 70.6 Å². The molecule has 0 saturated carbocycles. The van der Waals surface area contributed by atoms with Crippen LogP contribution >= 0.6 is 0 Å². The lowest BCUT2D eigenvalue weighted by Crippen LogP contribution is -2.46. The molecule has 1 aromatic heterocycles. The van der Waals surface area contributed by atoms with Gasteiger partial charge in [0.25, 0.3) is 0 Å². The number of aromatic nitrogens is 1. The molecule has 1 saturated heterocycles. The Labute approximate surface area is 174 Å². The average Bonchev–Trinajstić information content (AvgIpc) is 2.75. The molecule has 0 atom stereocenters. The molecule has 1 aliphatic rings. The van der Waals surface area contributed by atoms with Crippen LogP contribution in [0.1, 0.15) is 38.2 Å². The third kappa shape index (κ3) is 6.77. The highest BCUT2D eigenvalue weighted by molar-refractivity contribution is 5.80. The molecule has 3 rings (SSSR count). The van der Waals surface area contributed by atoms with Crippen molar-refractivity contribution in [3.8, 4) is 0 Å². The van der Waals surface area contributed by atoms with Crippen LogP contribution in [0.3, 0.4) is 0 Å². The number of hydrogen-bond donors (Lipinski definition) is 1. The Hall–Kier alpha value is -2.56. The molecule has 5 heteroatoms. The number of likely N-dealkylation sites (tertiary alicyclic amines) is 1. The fraction of sp³-hybridized carbons (Fsp3) is 0.500. The van der Waals surface area contributed by atoms with Crippen LogP contribution < -0.4 is 10.9 Å². The van der Waals surface area contributed by atoms with Crippen LogP contribution in [0.25, 0.3) is 0 Å². The number of aryl methyl sites for hydroxylation is 1. The number of unbranched alkanes of at least 4 members (excludes halogenated alkanes) is 1. The van der Waals surface area contributed by atoms with E-state index in [1.807, 2.05) is 12.3 Å². The van der Waals surface area contributed by atoms with Crippen LogP contribution in [0.15, 0.2) is 64.5 Å².